The Morgan fingerprint density at radius 3 is 2.68 bits per heavy atom. The maximum atomic E-state index is 13.5. The van der Waals surface area contributed by atoms with Crippen LogP contribution in [0.1, 0.15) is 16.7 Å². The smallest absolute Gasteiger partial charge is 0.127 e. The van der Waals surface area contributed by atoms with E-state index in [9.17, 15) is 4.39 Å². The summed E-state index contributed by atoms with van der Waals surface area (Å²) < 4.78 is 14.4. The quantitative estimate of drug-likeness (QED) is 0.813. The molecule has 0 aliphatic rings. The molecule has 2 rings (SSSR count). The fourth-order valence-corrected chi connectivity index (χ4v) is 2.42. The lowest BCUT2D eigenvalue weighted by Crippen LogP contribution is -2.17. The van der Waals surface area contributed by atoms with E-state index in [0.717, 1.165) is 17.4 Å². The zero-order chi connectivity index (χ0) is 13.7. The molecular weight excluding hydrogens is 305 g/mol. The maximum Gasteiger partial charge on any atom is 0.127 e. The van der Waals surface area contributed by atoms with Crippen molar-refractivity contribution >= 4 is 15.9 Å². The van der Waals surface area contributed by atoms with Gasteiger partial charge in [-0.15, -0.1) is 0 Å². The Kier molecular flexibility index (Phi) is 5.11. The van der Waals surface area contributed by atoms with Gasteiger partial charge in [-0.05, 0) is 49.2 Å². The topological polar surface area (TPSA) is 12.0 Å². The Balaban J connectivity index is 1.84. The normalized spacial score (nSPS) is 10.7. The van der Waals surface area contributed by atoms with Gasteiger partial charge in [-0.3, -0.25) is 0 Å². The number of halogens is 2. The molecule has 0 saturated heterocycles. The molecule has 1 nitrogen and oxygen atoms in total. The van der Waals surface area contributed by atoms with Gasteiger partial charge in [0.15, 0.2) is 0 Å². The highest BCUT2D eigenvalue weighted by Gasteiger charge is 2.02. The third-order valence-corrected chi connectivity index (χ3v) is 3.65. The average Bonchev–Trinajstić information content (AvgIpc) is 2.40. The molecule has 0 aliphatic carbocycles. The SMILES string of the molecule is Cc1ccccc1CCNCc1cc(Br)ccc1F. The fourth-order valence-electron chi connectivity index (χ4n) is 2.02. The molecule has 0 aliphatic heterocycles. The van der Waals surface area contributed by atoms with Crippen molar-refractivity contribution in [2.75, 3.05) is 6.54 Å². The average molecular weight is 322 g/mol. The predicted molar refractivity (Wildman–Crippen MR) is 80.7 cm³/mol. The van der Waals surface area contributed by atoms with E-state index in [-0.39, 0.29) is 5.82 Å². The number of hydrogen-bond donors (Lipinski definition) is 1. The highest BCUT2D eigenvalue weighted by atomic mass is 79.9. The van der Waals surface area contributed by atoms with Gasteiger partial charge in [0.25, 0.3) is 0 Å². The summed E-state index contributed by atoms with van der Waals surface area (Å²) in [5.41, 5.74) is 3.34. The largest absolute Gasteiger partial charge is 0.312 e. The molecule has 2 aromatic carbocycles. The van der Waals surface area contributed by atoms with Crippen LogP contribution in [0.5, 0.6) is 0 Å². The Hall–Kier alpha value is -1.19. The van der Waals surface area contributed by atoms with E-state index in [2.05, 4.69) is 46.4 Å². The van der Waals surface area contributed by atoms with Crippen molar-refractivity contribution in [1.29, 1.82) is 0 Å². The van der Waals surface area contributed by atoms with Crippen LogP contribution in [0.4, 0.5) is 4.39 Å². The number of rotatable bonds is 5. The summed E-state index contributed by atoms with van der Waals surface area (Å²) in [6.45, 7) is 3.51. The zero-order valence-electron chi connectivity index (χ0n) is 10.9. The van der Waals surface area contributed by atoms with Crippen molar-refractivity contribution in [3.63, 3.8) is 0 Å². The van der Waals surface area contributed by atoms with E-state index in [1.165, 1.54) is 17.2 Å². The van der Waals surface area contributed by atoms with Crippen LogP contribution in [-0.4, -0.2) is 6.54 Å². The lowest BCUT2D eigenvalue weighted by Gasteiger charge is -2.08. The third-order valence-electron chi connectivity index (χ3n) is 3.16. The summed E-state index contributed by atoms with van der Waals surface area (Å²) >= 11 is 3.36. The van der Waals surface area contributed by atoms with Crippen LogP contribution >= 0.6 is 15.9 Å². The van der Waals surface area contributed by atoms with Gasteiger partial charge in [0.2, 0.25) is 0 Å². The molecule has 0 bridgehead atoms. The summed E-state index contributed by atoms with van der Waals surface area (Å²) in [5, 5.41) is 3.28. The van der Waals surface area contributed by atoms with E-state index in [0.29, 0.717) is 12.1 Å². The minimum atomic E-state index is -0.161. The number of nitrogens with one attached hydrogen (secondary N) is 1. The van der Waals surface area contributed by atoms with Gasteiger partial charge < -0.3 is 5.32 Å². The molecule has 100 valence electrons. The van der Waals surface area contributed by atoms with E-state index < -0.39 is 0 Å². The van der Waals surface area contributed by atoms with Crippen molar-refractivity contribution in [3.05, 3.63) is 69.4 Å². The summed E-state index contributed by atoms with van der Waals surface area (Å²) in [5.74, 6) is -0.161. The van der Waals surface area contributed by atoms with E-state index in [4.69, 9.17) is 0 Å². The zero-order valence-corrected chi connectivity index (χ0v) is 12.5. The third kappa shape index (κ3) is 4.15. The van der Waals surface area contributed by atoms with Gasteiger partial charge in [0.1, 0.15) is 5.82 Å². The van der Waals surface area contributed by atoms with Crippen LogP contribution in [0.15, 0.2) is 46.9 Å². The highest BCUT2D eigenvalue weighted by molar-refractivity contribution is 9.10. The number of aryl methyl sites for hydroxylation is 1. The Bertz CT molecular complexity index is 554. The Morgan fingerprint density at radius 2 is 1.89 bits per heavy atom. The molecule has 0 atom stereocenters. The molecule has 0 heterocycles. The summed E-state index contributed by atoms with van der Waals surface area (Å²) in [4.78, 5) is 0. The van der Waals surface area contributed by atoms with Crippen LogP contribution in [0, 0.1) is 12.7 Å². The van der Waals surface area contributed by atoms with Crippen molar-refractivity contribution in [3.8, 4) is 0 Å². The standard InChI is InChI=1S/C16H17BrFN/c1-12-4-2-3-5-13(12)8-9-19-11-14-10-15(17)6-7-16(14)18/h2-7,10,19H,8-9,11H2,1H3. The molecule has 1 N–H and O–H groups in total. The summed E-state index contributed by atoms with van der Waals surface area (Å²) in [7, 11) is 0. The lowest BCUT2D eigenvalue weighted by atomic mass is 10.1. The molecule has 0 fully saturated rings. The van der Waals surface area contributed by atoms with Crippen LogP contribution in [0.25, 0.3) is 0 Å². The van der Waals surface area contributed by atoms with Gasteiger partial charge >= 0.3 is 0 Å². The minimum Gasteiger partial charge on any atom is -0.312 e. The van der Waals surface area contributed by atoms with Gasteiger partial charge in [-0.25, -0.2) is 4.39 Å². The van der Waals surface area contributed by atoms with Crippen molar-refractivity contribution in [1.82, 2.24) is 5.32 Å². The molecule has 2 aromatic rings. The van der Waals surface area contributed by atoms with Crippen LogP contribution in [-0.2, 0) is 13.0 Å². The first-order valence-corrected chi connectivity index (χ1v) is 7.15. The molecule has 0 aromatic heterocycles. The number of benzene rings is 2. The first kappa shape index (κ1) is 14.2. The molecule has 3 heteroatoms. The predicted octanol–water partition coefficient (Wildman–Crippen LogP) is 4.23. The molecular formula is C16H17BrFN. The Labute approximate surface area is 122 Å². The van der Waals surface area contributed by atoms with Gasteiger partial charge in [0.05, 0.1) is 0 Å². The summed E-state index contributed by atoms with van der Waals surface area (Å²) in [6.07, 6.45) is 0.961. The minimum absolute atomic E-state index is 0.161. The Morgan fingerprint density at radius 1 is 1.11 bits per heavy atom. The van der Waals surface area contributed by atoms with Crippen LogP contribution in [0.3, 0.4) is 0 Å². The first-order valence-electron chi connectivity index (χ1n) is 6.36. The molecule has 0 radical (unpaired) electrons. The fraction of sp³-hybridized carbons (Fsp3) is 0.250. The molecule has 0 unspecified atom stereocenters. The lowest BCUT2D eigenvalue weighted by molar-refractivity contribution is 0.588. The first-order chi connectivity index (χ1) is 9.16. The van der Waals surface area contributed by atoms with Crippen LogP contribution < -0.4 is 5.32 Å². The van der Waals surface area contributed by atoms with Crippen molar-refractivity contribution in [2.24, 2.45) is 0 Å². The van der Waals surface area contributed by atoms with E-state index in [1.807, 2.05) is 12.1 Å². The highest BCUT2D eigenvalue weighted by Crippen LogP contribution is 2.15. The van der Waals surface area contributed by atoms with E-state index >= 15 is 0 Å². The molecule has 0 amide bonds. The van der Waals surface area contributed by atoms with Crippen molar-refractivity contribution in [2.45, 2.75) is 19.9 Å². The van der Waals surface area contributed by atoms with Crippen LogP contribution in [0.2, 0.25) is 0 Å². The molecule has 0 saturated carbocycles. The monoisotopic (exact) mass is 321 g/mol. The molecule has 0 spiro atoms. The van der Waals surface area contributed by atoms with Gasteiger partial charge in [-0.1, -0.05) is 40.2 Å². The van der Waals surface area contributed by atoms with Gasteiger partial charge in [0, 0.05) is 16.6 Å². The second-order valence-corrected chi connectivity index (χ2v) is 5.50. The second-order valence-electron chi connectivity index (χ2n) is 4.59. The van der Waals surface area contributed by atoms with Gasteiger partial charge in [-0.2, -0.15) is 0 Å². The second kappa shape index (κ2) is 6.83. The van der Waals surface area contributed by atoms with Crippen molar-refractivity contribution < 1.29 is 4.39 Å². The molecule has 19 heavy (non-hydrogen) atoms. The number of hydrogen-bond acceptors (Lipinski definition) is 1. The summed E-state index contributed by atoms with van der Waals surface area (Å²) in [6, 6.07) is 13.4. The maximum absolute atomic E-state index is 13.5. The van der Waals surface area contributed by atoms with E-state index in [1.54, 1.807) is 6.07 Å².